The molecular formula is C16H17Cl2N3O2. The Labute approximate surface area is 144 Å². The lowest BCUT2D eigenvalue weighted by Crippen LogP contribution is -2.34. The van der Waals surface area contributed by atoms with Crippen molar-refractivity contribution in [1.29, 1.82) is 0 Å². The summed E-state index contributed by atoms with van der Waals surface area (Å²) in [6.45, 7) is 1.95. The second kappa shape index (κ2) is 5.82. The average Bonchev–Trinajstić information content (AvgIpc) is 3.20. The van der Waals surface area contributed by atoms with Gasteiger partial charge in [0.1, 0.15) is 5.58 Å². The van der Waals surface area contributed by atoms with Gasteiger partial charge in [-0.2, -0.15) is 4.98 Å². The van der Waals surface area contributed by atoms with Crippen molar-refractivity contribution < 1.29 is 8.94 Å². The van der Waals surface area contributed by atoms with Crippen molar-refractivity contribution in [2.24, 2.45) is 5.73 Å². The first-order valence-corrected chi connectivity index (χ1v) is 7.77. The van der Waals surface area contributed by atoms with E-state index in [1.165, 1.54) is 0 Å². The molecule has 1 aromatic carbocycles. The van der Waals surface area contributed by atoms with E-state index in [1.807, 2.05) is 19.1 Å². The smallest absolute Gasteiger partial charge is 0.294 e. The third-order valence-corrected chi connectivity index (χ3v) is 4.69. The van der Waals surface area contributed by atoms with E-state index in [1.54, 1.807) is 6.07 Å². The monoisotopic (exact) mass is 353 g/mol. The molecule has 4 rings (SSSR count). The highest BCUT2D eigenvalue weighted by molar-refractivity contribution is 6.31. The molecule has 0 atom stereocenters. The van der Waals surface area contributed by atoms with Crippen LogP contribution in [0.3, 0.4) is 0 Å². The van der Waals surface area contributed by atoms with E-state index in [9.17, 15) is 0 Å². The van der Waals surface area contributed by atoms with Gasteiger partial charge in [0.2, 0.25) is 0 Å². The third kappa shape index (κ3) is 2.63. The molecule has 2 heterocycles. The Morgan fingerprint density at radius 3 is 2.74 bits per heavy atom. The number of halogens is 2. The second-order valence-corrected chi connectivity index (χ2v) is 6.42. The standard InChI is InChI=1S/C16H16ClN3O2.ClH/c1-9-11-8-10(17)4-5-12(11)21-13(9)14-19-15(20-22-14)16(18)6-2-3-7-16;/h4-5,8H,2-3,6-7,18H2,1H3;1H. The second-order valence-electron chi connectivity index (χ2n) is 5.98. The van der Waals surface area contributed by atoms with Crippen molar-refractivity contribution in [2.45, 2.75) is 38.1 Å². The molecule has 122 valence electrons. The maximum absolute atomic E-state index is 6.37. The van der Waals surface area contributed by atoms with Gasteiger partial charge < -0.3 is 14.7 Å². The predicted molar refractivity (Wildman–Crippen MR) is 90.8 cm³/mol. The van der Waals surface area contributed by atoms with E-state index in [-0.39, 0.29) is 12.4 Å². The van der Waals surface area contributed by atoms with Gasteiger partial charge in [-0.25, -0.2) is 0 Å². The zero-order valence-electron chi connectivity index (χ0n) is 12.6. The van der Waals surface area contributed by atoms with Gasteiger partial charge in [0.05, 0.1) is 5.54 Å². The fraction of sp³-hybridized carbons (Fsp3) is 0.375. The molecule has 1 saturated carbocycles. The van der Waals surface area contributed by atoms with Crippen LogP contribution in [0.25, 0.3) is 22.6 Å². The quantitative estimate of drug-likeness (QED) is 0.728. The summed E-state index contributed by atoms with van der Waals surface area (Å²) in [7, 11) is 0. The first-order valence-electron chi connectivity index (χ1n) is 7.39. The van der Waals surface area contributed by atoms with Gasteiger partial charge in [0.25, 0.3) is 5.89 Å². The normalized spacial score (nSPS) is 16.7. The molecule has 0 saturated heterocycles. The average molecular weight is 354 g/mol. The summed E-state index contributed by atoms with van der Waals surface area (Å²) in [5, 5.41) is 5.70. The van der Waals surface area contributed by atoms with Gasteiger partial charge in [-0.3, -0.25) is 0 Å². The fourth-order valence-electron chi connectivity index (χ4n) is 3.14. The Kier molecular flexibility index (Phi) is 4.12. The summed E-state index contributed by atoms with van der Waals surface area (Å²) in [5.74, 6) is 1.52. The molecule has 1 aliphatic carbocycles. The molecule has 3 aromatic rings. The van der Waals surface area contributed by atoms with Crippen LogP contribution in [0.4, 0.5) is 0 Å². The molecule has 0 radical (unpaired) electrons. The van der Waals surface area contributed by atoms with E-state index in [2.05, 4.69) is 10.1 Å². The van der Waals surface area contributed by atoms with Crippen molar-refractivity contribution >= 4 is 35.0 Å². The summed E-state index contributed by atoms with van der Waals surface area (Å²) in [6, 6.07) is 5.51. The number of hydrogen-bond donors (Lipinski definition) is 1. The first-order chi connectivity index (χ1) is 10.6. The minimum Gasteiger partial charge on any atom is -0.451 e. The number of benzene rings is 1. The largest absolute Gasteiger partial charge is 0.451 e. The van der Waals surface area contributed by atoms with Gasteiger partial charge >= 0.3 is 0 Å². The van der Waals surface area contributed by atoms with Gasteiger partial charge in [-0.15, -0.1) is 12.4 Å². The molecule has 23 heavy (non-hydrogen) atoms. The van der Waals surface area contributed by atoms with Crippen molar-refractivity contribution in [3.05, 3.63) is 34.6 Å². The molecule has 5 nitrogen and oxygen atoms in total. The van der Waals surface area contributed by atoms with Crippen LogP contribution in [-0.4, -0.2) is 10.1 Å². The Morgan fingerprint density at radius 2 is 2.00 bits per heavy atom. The van der Waals surface area contributed by atoms with Crippen LogP contribution in [0.15, 0.2) is 27.1 Å². The first kappa shape index (κ1) is 16.3. The minimum absolute atomic E-state index is 0. The molecule has 1 aliphatic rings. The Morgan fingerprint density at radius 1 is 1.26 bits per heavy atom. The van der Waals surface area contributed by atoms with Crippen LogP contribution < -0.4 is 5.73 Å². The SMILES string of the molecule is Cc1c(-c2nc(C3(N)CCCC3)no2)oc2ccc(Cl)cc12.Cl. The van der Waals surface area contributed by atoms with E-state index in [4.69, 9.17) is 26.3 Å². The van der Waals surface area contributed by atoms with Crippen LogP contribution in [0.5, 0.6) is 0 Å². The Bertz CT molecular complexity index is 850. The van der Waals surface area contributed by atoms with Crippen LogP contribution >= 0.6 is 24.0 Å². The summed E-state index contributed by atoms with van der Waals surface area (Å²) < 4.78 is 11.3. The van der Waals surface area contributed by atoms with Crippen molar-refractivity contribution in [3.8, 4) is 11.7 Å². The summed E-state index contributed by atoms with van der Waals surface area (Å²) in [4.78, 5) is 4.48. The molecule has 0 unspecified atom stereocenters. The van der Waals surface area contributed by atoms with E-state index in [0.29, 0.717) is 22.5 Å². The topological polar surface area (TPSA) is 78.1 Å². The number of nitrogens with two attached hydrogens (primary N) is 1. The van der Waals surface area contributed by atoms with Crippen LogP contribution in [0.1, 0.15) is 37.1 Å². The van der Waals surface area contributed by atoms with Crippen LogP contribution in [0, 0.1) is 6.92 Å². The van der Waals surface area contributed by atoms with Gasteiger partial charge in [0, 0.05) is 16.0 Å². The minimum atomic E-state index is -0.467. The number of hydrogen-bond acceptors (Lipinski definition) is 5. The Balaban J connectivity index is 0.00000156. The zero-order chi connectivity index (χ0) is 15.3. The molecule has 1 fully saturated rings. The number of fused-ring (bicyclic) bond motifs is 1. The summed E-state index contributed by atoms with van der Waals surface area (Å²) in [5.41, 5.74) is 7.59. The molecular weight excluding hydrogens is 337 g/mol. The summed E-state index contributed by atoms with van der Waals surface area (Å²) in [6.07, 6.45) is 3.98. The number of nitrogens with zero attached hydrogens (tertiary/aromatic N) is 2. The van der Waals surface area contributed by atoms with Crippen molar-refractivity contribution in [1.82, 2.24) is 10.1 Å². The number of rotatable bonds is 2. The summed E-state index contributed by atoms with van der Waals surface area (Å²) >= 11 is 6.04. The van der Waals surface area contributed by atoms with E-state index in [0.717, 1.165) is 42.2 Å². The molecule has 2 aromatic heterocycles. The molecule has 0 aliphatic heterocycles. The van der Waals surface area contributed by atoms with Gasteiger partial charge in [-0.1, -0.05) is 29.6 Å². The van der Waals surface area contributed by atoms with Crippen molar-refractivity contribution in [3.63, 3.8) is 0 Å². The maximum Gasteiger partial charge on any atom is 0.294 e. The molecule has 0 bridgehead atoms. The van der Waals surface area contributed by atoms with Crippen molar-refractivity contribution in [2.75, 3.05) is 0 Å². The lowest BCUT2D eigenvalue weighted by molar-refractivity contribution is 0.369. The van der Waals surface area contributed by atoms with Gasteiger partial charge in [-0.05, 0) is 38.0 Å². The lowest BCUT2D eigenvalue weighted by atomic mass is 9.99. The van der Waals surface area contributed by atoms with Crippen LogP contribution in [0.2, 0.25) is 5.02 Å². The highest BCUT2D eigenvalue weighted by atomic mass is 35.5. The van der Waals surface area contributed by atoms with Gasteiger partial charge in [0.15, 0.2) is 11.6 Å². The lowest BCUT2D eigenvalue weighted by Gasteiger charge is -2.17. The maximum atomic E-state index is 6.37. The van der Waals surface area contributed by atoms with E-state index < -0.39 is 5.54 Å². The number of aryl methyl sites for hydroxylation is 1. The molecule has 0 spiro atoms. The Hall–Kier alpha value is -1.56. The highest BCUT2D eigenvalue weighted by Crippen LogP contribution is 2.37. The molecule has 0 amide bonds. The number of furan rings is 1. The number of aromatic nitrogens is 2. The molecule has 2 N–H and O–H groups in total. The molecule has 7 heteroatoms. The third-order valence-electron chi connectivity index (χ3n) is 4.46. The fourth-order valence-corrected chi connectivity index (χ4v) is 3.32. The predicted octanol–water partition coefficient (Wildman–Crippen LogP) is 4.59. The zero-order valence-corrected chi connectivity index (χ0v) is 14.2. The van der Waals surface area contributed by atoms with Crippen LogP contribution in [-0.2, 0) is 5.54 Å². The van der Waals surface area contributed by atoms with E-state index >= 15 is 0 Å². The highest BCUT2D eigenvalue weighted by Gasteiger charge is 2.36.